The predicted octanol–water partition coefficient (Wildman–Crippen LogP) is 3.50. The smallest absolute Gasteiger partial charge is 0.239 e. The maximum absolute atomic E-state index is 11.9. The average Bonchev–Trinajstić information content (AvgIpc) is 2.55. The van der Waals surface area contributed by atoms with Crippen LogP contribution in [0.15, 0.2) is 72.8 Å². The van der Waals surface area contributed by atoms with Gasteiger partial charge in [0, 0.05) is 6.54 Å². The van der Waals surface area contributed by atoms with Gasteiger partial charge in [0.15, 0.2) is 0 Å². The molecule has 0 heterocycles. The van der Waals surface area contributed by atoms with Gasteiger partial charge >= 0.3 is 0 Å². The molecule has 3 nitrogen and oxygen atoms in total. The highest BCUT2D eigenvalue weighted by Crippen LogP contribution is 2.22. The van der Waals surface area contributed by atoms with Crippen molar-refractivity contribution in [2.45, 2.75) is 12.6 Å². The lowest BCUT2D eigenvalue weighted by Crippen LogP contribution is -2.34. The summed E-state index contributed by atoms with van der Waals surface area (Å²) in [6, 6.07) is 23.9. The monoisotopic (exact) mass is 304 g/mol. The number of nitrogens with two attached hydrogens (primary N) is 1. The van der Waals surface area contributed by atoms with E-state index in [9.17, 15) is 4.79 Å². The van der Waals surface area contributed by atoms with Crippen LogP contribution in [-0.4, -0.2) is 17.9 Å². The third-order valence-corrected chi connectivity index (χ3v) is 4.07. The zero-order valence-corrected chi connectivity index (χ0v) is 13.1. The Balaban J connectivity index is 1.85. The molecule has 3 rings (SSSR count). The average molecular weight is 304 g/mol. The maximum Gasteiger partial charge on any atom is 0.239 e. The first-order valence-corrected chi connectivity index (χ1v) is 7.67. The number of fused-ring (bicyclic) bond motifs is 1. The van der Waals surface area contributed by atoms with Crippen molar-refractivity contribution in [1.29, 1.82) is 0 Å². The van der Waals surface area contributed by atoms with Crippen molar-refractivity contribution in [1.82, 2.24) is 4.90 Å². The van der Waals surface area contributed by atoms with Crippen molar-refractivity contribution in [2.75, 3.05) is 7.05 Å². The zero-order chi connectivity index (χ0) is 16.2. The van der Waals surface area contributed by atoms with Crippen LogP contribution in [0, 0.1) is 0 Å². The van der Waals surface area contributed by atoms with Crippen LogP contribution in [0.3, 0.4) is 0 Å². The Labute approximate surface area is 136 Å². The molecule has 0 saturated carbocycles. The molecule has 3 aromatic rings. The summed E-state index contributed by atoms with van der Waals surface area (Å²) in [6.07, 6.45) is 0. The molecule has 1 amide bonds. The largest absolute Gasteiger partial charge is 0.368 e. The number of benzene rings is 3. The fraction of sp³-hybridized carbons (Fsp3) is 0.150. The van der Waals surface area contributed by atoms with Gasteiger partial charge in [-0.2, -0.15) is 0 Å². The van der Waals surface area contributed by atoms with E-state index in [-0.39, 0.29) is 5.91 Å². The van der Waals surface area contributed by atoms with Gasteiger partial charge in [-0.3, -0.25) is 9.69 Å². The van der Waals surface area contributed by atoms with Crippen molar-refractivity contribution in [3.05, 3.63) is 83.9 Å². The van der Waals surface area contributed by atoms with E-state index in [0.717, 1.165) is 11.1 Å². The summed E-state index contributed by atoms with van der Waals surface area (Å²) in [4.78, 5) is 13.9. The number of rotatable bonds is 5. The van der Waals surface area contributed by atoms with Crippen molar-refractivity contribution < 1.29 is 4.79 Å². The molecule has 0 saturated heterocycles. The number of carbonyl (C=O) groups is 1. The van der Waals surface area contributed by atoms with Gasteiger partial charge in [0.25, 0.3) is 0 Å². The lowest BCUT2D eigenvalue weighted by molar-refractivity contribution is -0.123. The van der Waals surface area contributed by atoms with Gasteiger partial charge in [-0.15, -0.1) is 0 Å². The van der Waals surface area contributed by atoms with Gasteiger partial charge in [0.05, 0.1) is 0 Å². The summed E-state index contributed by atoms with van der Waals surface area (Å²) in [5, 5.41) is 2.42. The molecule has 23 heavy (non-hydrogen) atoms. The lowest BCUT2D eigenvalue weighted by Gasteiger charge is -2.26. The summed E-state index contributed by atoms with van der Waals surface area (Å²) in [6.45, 7) is 0.660. The van der Waals surface area contributed by atoms with Crippen LogP contribution >= 0.6 is 0 Å². The maximum atomic E-state index is 11.9. The molecule has 0 aliphatic carbocycles. The number of hydrogen-bond donors (Lipinski definition) is 1. The number of hydrogen-bond acceptors (Lipinski definition) is 2. The normalized spacial score (nSPS) is 12.4. The van der Waals surface area contributed by atoms with E-state index >= 15 is 0 Å². The number of likely N-dealkylation sites (N-methyl/N-ethyl adjacent to an activating group) is 1. The fourth-order valence-electron chi connectivity index (χ4n) is 2.99. The van der Waals surface area contributed by atoms with Crippen molar-refractivity contribution in [3.8, 4) is 0 Å². The minimum Gasteiger partial charge on any atom is -0.368 e. The second kappa shape index (κ2) is 6.63. The third kappa shape index (κ3) is 3.41. The first-order chi connectivity index (χ1) is 11.1. The van der Waals surface area contributed by atoms with Crippen molar-refractivity contribution in [2.24, 2.45) is 5.73 Å². The van der Waals surface area contributed by atoms with E-state index in [4.69, 9.17) is 5.73 Å². The first-order valence-electron chi connectivity index (χ1n) is 7.67. The quantitative estimate of drug-likeness (QED) is 0.784. The van der Waals surface area contributed by atoms with Crippen LogP contribution in [0.5, 0.6) is 0 Å². The summed E-state index contributed by atoms with van der Waals surface area (Å²) >= 11 is 0. The number of amides is 1. The van der Waals surface area contributed by atoms with E-state index in [0.29, 0.717) is 6.54 Å². The van der Waals surface area contributed by atoms with Crippen molar-refractivity contribution >= 4 is 16.7 Å². The molecule has 0 bridgehead atoms. The third-order valence-electron chi connectivity index (χ3n) is 4.07. The molecule has 2 N–H and O–H groups in total. The molecule has 1 unspecified atom stereocenters. The molecular weight excluding hydrogens is 284 g/mol. The van der Waals surface area contributed by atoms with E-state index in [1.807, 2.05) is 54.4 Å². The van der Waals surface area contributed by atoms with Gasteiger partial charge in [0.2, 0.25) is 5.91 Å². The van der Waals surface area contributed by atoms with Crippen LogP contribution < -0.4 is 5.73 Å². The van der Waals surface area contributed by atoms with Gasteiger partial charge in [-0.25, -0.2) is 0 Å². The highest BCUT2D eigenvalue weighted by atomic mass is 16.1. The highest BCUT2D eigenvalue weighted by Gasteiger charge is 2.22. The van der Waals surface area contributed by atoms with Gasteiger partial charge in [-0.05, 0) is 35.0 Å². The molecule has 0 radical (unpaired) electrons. The standard InChI is InChI=1S/C20H20N2O/c1-22(19(20(21)23)17-8-3-2-4-9-17)14-15-11-12-16-7-5-6-10-18(16)13-15/h2-13,19H,14H2,1H3,(H2,21,23). The molecule has 116 valence electrons. The van der Waals surface area contributed by atoms with E-state index in [2.05, 4.69) is 30.3 Å². The molecule has 0 aliphatic heterocycles. The van der Waals surface area contributed by atoms with Crippen LogP contribution in [0.2, 0.25) is 0 Å². The van der Waals surface area contributed by atoms with Gasteiger partial charge < -0.3 is 5.73 Å². The number of primary amides is 1. The van der Waals surface area contributed by atoms with E-state index in [1.54, 1.807) is 0 Å². The Kier molecular flexibility index (Phi) is 4.40. The summed E-state index contributed by atoms with van der Waals surface area (Å²) < 4.78 is 0. The minimum atomic E-state index is -0.428. The summed E-state index contributed by atoms with van der Waals surface area (Å²) in [5.74, 6) is -0.334. The molecular formula is C20H20N2O. The lowest BCUT2D eigenvalue weighted by atomic mass is 10.0. The van der Waals surface area contributed by atoms with E-state index < -0.39 is 6.04 Å². The molecule has 0 aliphatic rings. The number of carbonyl (C=O) groups excluding carboxylic acids is 1. The van der Waals surface area contributed by atoms with Crippen molar-refractivity contribution in [3.63, 3.8) is 0 Å². The van der Waals surface area contributed by atoms with E-state index in [1.165, 1.54) is 10.8 Å². The van der Waals surface area contributed by atoms with Crippen LogP contribution in [0.1, 0.15) is 17.2 Å². The Morgan fingerprint density at radius 3 is 2.30 bits per heavy atom. The van der Waals surface area contributed by atoms with Gasteiger partial charge in [0.1, 0.15) is 6.04 Å². The fourth-order valence-corrected chi connectivity index (χ4v) is 2.99. The Morgan fingerprint density at radius 1 is 0.957 bits per heavy atom. The SMILES string of the molecule is CN(Cc1ccc2ccccc2c1)C(C(N)=O)c1ccccc1. The molecule has 3 aromatic carbocycles. The zero-order valence-electron chi connectivity index (χ0n) is 13.1. The van der Waals surface area contributed by atoms with Crippen LogP contribution in [-0.2, 0) is 11.3 Å². The molecule has 0 spiro atoms. The number of nitrogens with zero attached hydrogens (tertiary/aromatic N) is 1. The Hall–Kier alpha value is -2.65. The second-order valence-electron chi connectivity index (χ2n) is 5.81. The summed E-state index contributed by atoms with van der Waals surface area (Å²) in [5.41, 5.74) is 7.71. The first kappa shape index (κ1) is 15.3. The minimum absolute atomic E-state index is 0.334. The molecule has 0 fully saturated rings. The topological polar surface area (TPSA) is 46.3 Å². The molecule has 3 heteroatoms. The molecule has 0 aromatic heterocycles. The predicted molar refractivity (Wildman–Crippen MR) is 93.8 cm³/mol. The highest BCUT2D eigenvalue weighted by molar-refractivity contribution is 5.83. The second-order valence-corrected chi connectivity index (χ2v) is 5.81. The summed E-state index contributed by atoms with van der Waals surface area (Å²) in [7, 11) is 1.93. The Morgan fingerprint density at radius 2 is 1.61 bits per heavy atom. The molecule has 1 atom stereocenters. The van der Waals surface area contributed by atoms with Crippen LogP contribution in [0.25, 0.3) is 10.8 Å². The van der Waals surface area contributed by atoms with Crippen LogP contribution in [0.4, 0.5) is 0 Å². The Bertz CT molecular complexity index is 814. The van der Waals surface area contributed by atoms with Gasteiger partial charge in [-0.1, -0.05) is 66.7 Å².